The lowest BCUT2D eigenvalue weighted by atomic mass is 10.1. The van der Waals surface area contributed by atoms with Crippen LogP contribution in [0, 0.1) is 6.92 Å². The highest BCUT2D eigenvalue weighted by Crippen LogP contribution is 2.17. The van der Waals surface area contributed by atoms with Crippen molar-refractivity contribution < 1.29 is 9.53 Å². The third kappa shape index (κ3) is 6.61. The zero-order chi connectivity index (χ0) is 20.5. The summed E-state index contributed by atoms with van der Waals surface area (Å²) < 4.78 is 5.34. The van der Waals surface area contributed by atoms with Crippen molar-refractivity contribution in [3.05, 3.63) is 65.2 Å². The molecule has 1 amide bonds. The van der Waals surface area contributed by atoms with Crippen molar-refractivity contribution >= 4 is 11.9 Å². The highest BCUT2D eigenvalue weighted by Gasteiger charge is 2.10. The van der Waals surface area contributed by atoms with Gasteiger partial charge in [-0.15, -0.1) is 0 Å². The van der Waals surface area contributed by atoms with Gasteiger partial charge in [0.05, 0.1) is 26.2 Å². The van der Waals surface area contributed by atoms with E-state index in [1.165, 1.54) is 0 Å². The van der Waals surface area contributed by atoms with E-state index in [0.717, 1.165) is 22.4 Å². The summed E-state index contributed by atoms with van der Waals surface area (Å²) in [6, 6.07) is 16.2. The van der Waals surface area contributed by atoms with Crippen LogP contribution in [0.15, 0.2) is 53.5 Å². The van der Waals surface area contributed by atoms with Crippen molar-refractivity contribution in [1.82, 2.24) is 15.5 Å². The smallest absolute Gasteiger partial charge is 0.241 e. The number of amides is 1. The van der Waals surface area contributed by atoms with Crippen LogP contribution in [0.2, 0.25) is 0 Å². The Morgan fingerprint density at radius 1 is 1.18 bits per heavy atom. The molecule has 0 bridgehead atoms. The fourth-order valence-electron chi connectivity index (χ4n) is 2.70. The number of aryl methyl sites for hydroxylation is 1. The molecule has 28 heavy (non-hydrogen) atoms. The number of aliphatic imine (C=N–C) groups is 1. The minimum absolute atomic E-state index is 0.0147. The van der Waals surface area contributed by atoms with E-state index in [-0.39, 0.29) is 18.5 Å². The molecule has 0 fully saturated rings. The first kappa shape index (κ1) is 21.3. The quantitative estimate of drug-likeness (QED) is 0.571. The zero-order valence-corrected chi connectivity index (χ0v) is 17.3. The molecule has 1 unspecified atom stereocenters. The van der Waals surface area contributed by atoms with Crippen LogP contribution < -0.4 is 15.4 Å². The fraction of sp³-hybridized carbons (Fsp3) is 0.364. The molecule has 0 spiro atoms. The summed E-state index contributed by atoms with van der Waals surface area (Å²) in [6.07, 6.45) is 0. The second-order valence-electron chi connectivity index (χ2n) is 6.94. The molecule has 6 heteroatoms. The van der Waals surface area contributed by atoms with E-state index in [1.54, 1.807) is 26.1 Å². The highest BCUT2D eigenvalue weighted by molar-refractivity contribution is 5.86. The molecule has 0 saturated heterocycles. The normalized spacial score (nSPS) is 12.2. The van der Waals surface area contributed by atoms with Gasteiger partial charge in [0.1, 0.15) is 5.75 Å². The van der Waals surface area contributed by atoms with Gasteiger partial charge in [-0.05, 0) is 42.7 Å². The van der Waals surface area contributed by atoms with Crippen LogP contribution in [0.4, 0.5) is 0 Å². The molecule has 150 valence electrons. The van der Waals surface area contributed by atoms with E-state index < -0.39 is 0 Å². The SMILES string of the molecule is COc1cc(C)cc(CN=C(NCC(=O)N(C)C)NC(C)c2ccccc2)c1. The lowest BCUT2D eigenvalue weighted by molar-refractivity contribution is -0.127. The van der Waals surface area contributed by atoms with Gasteiger partial charge in [0, 0.05) is 14.1 Å². The van der Waals surface area contributed by atoms with Gasteiger partial charge >= 0.3 is 0 Å². The molecule has 0 aliphatic heterocycles. The molecule has 0 saturated carbocycles. The van der Waals surface area contributed by atoms with Gasteiger partial charge in [-0.2, -0.15) is 0 Å². The van der Waals surface area contributed by atoms with Crippen molar-refractivity contribution in [3.63, 3.8) is 0 Å². The van der Waals surface area contributed by atoms with Crippen LogP contribution in [0.25, 0.3) is 0 Å². The summed E-state index contributed by atoms with van der Waals surface area (Å²) in [4.78, 5) is 18.2. The second-order valence-corrected chi connectivity index (χ2v) is 6.94. The number of benzene rings is 2. The molecule has 0 aliphatic carbocycles. The molecule has 1 atom stereocenters. The lowest BCUT2D eigenvalue weighted by Gasteiger charge is -2.19. The maximum atomic E-state index is 12.0. The predicted octanol–water partition coefficient (Wildman–Crippen LogP) is 2.89. The van der Waals surface area contributed by atoms with Crippen molar-refractivity contribution in [1.29, 1.82) is 0 Å². The number of hydrogen-bond acceptors (Lipinski definition) is 3. The van der Waals surface area contributed by atoms with Crippen LogP contribution >= 0.6 is 0 Å². The summed E-state index contributed by atoms with van der Waals surface area (Å²) in [5, 5.41) is 6.51. The highest BCUT2D eigenvalue weighted by atomic mass is 16.5. The Morgan fingerprint density at radius 3 is 2.54 bits per heavy atom. The molecule has 0 radical (unpaired) electrons. The van der Waals surface area contributed by atoms with Crippen molar-refractivity contribution in [2.75, 3.05) is 27.7 Å². The third-order valence-corrected chi connectivity index (χ3v) is 4.32. The topological polar surface area (TPSA) is 66.0 Å². The van der Waals surface area contributed by atoms with Gasteiger partial charge in [-0.1, -0.05) is 36.4 Å². The molecular formula is C22H30N4O2. The van der Waals surface area contributed by atoms with Crippen LogP contribution in [-0.4, -0.2) is 44.5 Å². The summed E-state index contributed by atoms with van der Waals surface area (Å²) >= 11 is 0. The number of rotatable bonds is 7. The standard InChI is InChI=1S/C22H30N4O2/c1-16-11-18(13-20(12-16)28-5)14-23-22(24-15-21(27)26(3)4)25-17(2)19-9-7-6-8-10-19/h6-13,17H,14-15H2,1-5H3,(H2,23,24,25). The first-order chi connectivity index (χ1) is 13.4. The van der Waals surface area contributed by atoms with E-state index in [0.29, 0.717) is 12.5 Å². The van der Waals surface area contributed by atoms with Crippen molar-refractivity contribution in [2.24, 2.45) is 4.99 Å². The Bertz CT molecular complexity index is 803. The van der Waals surface area contributed by atoms with E-state index in [2.05, 4.69) is 40.7 Å². The molecule has 0 aliphatic rings. The first-order valence-corrected chi connectivity index (χ1v) is 9.33. The van der Waals surface area contributed by atoms with E-state index >= 15 is 0 Å². The summed E-state index contributed by atoms with van der Waals surface area (Å²) in [6.45, 7) is 4.75. The number of carbonyl (C=O) groups is 1. The van der Waals surface area contributed by atoms with Gasteiger partial charge < -0.3 is 20.3 Å². The summed E-state index contributed by atoms with van der Waals surface area (Å²) in [7, 11) is 5.13. The minimum atomic E-state index is -0.0147. The van der Waals surface area contributed by atoms with Gasteiger partial charge in [-0.3, -0.25) is 4.79 Å². The van der Waals surface area contributed by atoms with Crippen LogP contribution in [-0.2, 0) is 11.3 Å². The number of nitrogens with zero attached hydrogens (tertiary/aromatic N) is 2. The van der Waals surface area contributed by atoms with Gasteiger partial charge in [0.25, 0.3) is 0 Å². The molecule has 2 rings (SSSR count). The number of likely N-dealkylation sites (N-methyl/N-ethyl adjacent to an activating group) is 1. The lowest BCUT2D eigenvalue weighted by Crippen LogP contribution is -2.43. The largest absolute Gasteiger partial charge is 0.497 e. The van der Waals surface area contributed by atoms with Crippen molar-refractivity contribution in [3.8, 4) is 5.75 Å². The number of hydrogen-bond donors (Lipinski definition) is 2. The Morgan fingerprint density at radius 2 is 1.89 bits per heavy atom. The predicted molar refractivity (Wildman–Crippen MR) is 114 cm³/mol. The Kier molecular flexibility index (Phi) is 7.87. The van der Waals surface area contributed by atoms with Gasteiger partial charge in [0.2, 0.25) is 5.91 Å². The average Bonchev–Trinajstić information content (AvgIpc) is 2.69. The monoisotopic (exact) mass is 382 g/mol. The molecule has 2 N–H and O–H groups in total. The van der Waals surface area contributed by atoms with E-state index in [1.807, 2.05) is 37.3 Å². The Labute approximate surface area is 167 Å². The number of nitrogens with one attached hydrogen (secondary N) is 2. The average molecular weight is 383 g/mol. The molecule has 2 aromatic rings. The summed E-state index contributed by atoms with van der Waals surface area (Å²) in [5.74, 6) is 1.39. The fourth-order valence-corrected chi connectivity index (χ4v) is 2.70. The third-order valence-electron chi connectivity index (χ3n) is 4.32. The molecule has 6 nitrogen and oxygen atoms in total. The van der Waals surface area contributed by atoms with Crippen LogP contribution in [0.5, 0.6) is 5.75 Å². The Hall–Kier alpha value is -3.02. The summed E-state index contributed by atoms with van der Waals surface area (Å²) in [5.41, 5.74) is 3.31. The molecule has 2 aromatic carbocycles. The molecular weight excluding hydrogens is 352 g/mol. The van der Waals surface area contributed by atoms with Crippen LogP contribution in [0.1, 0.15) is 29.7 Å². The van der Waals surface area contributed by atoms with E-state index in [9.17, 15) is 4.79 Å². The maximum absolute atomic E-state index is 12.0. The first-order valence-electron chi connectivity index (χ1n) is 9.33. The van der Waals surface area contributed by atoms with E-state index in [4.69, 9.17) is 4.74 Å². The number of guanidine groups is 1. The maximum Gasteiger partial charge on any atom is 0.241 e. The van der Waals surface area contributed by atoms with Gasteiger partial charge in [-0.25, -0.2) is 4.99 Å². The zero-order valence-electron chi connectivity index (χ0n) is 17.3. The van der Waals surface area contributed by atoms with Crippen molar-refractivity contribution in [2.45, 2.75) is 26.4 Å². The van der Waals surface area contributed by atoms with Crippen LogP contribution in [0.3, 0.4) is 0 Å². The second kappa shape index (κ2) is 10.3. The molecule has 0 heterocycles. The molecule has 0 aromatic heterocycles. The van der Waals surface area contributed by atoms with Gasteiger partial charge in [0.15, 0.2) is 5.96 Å². The minimum Gasteiger partial charge on any atom is -0.497 e. The number of ether oxygens (including phenoxy) is 1. The number of methoxy groups -OCH3 is 1. The Balaban J connectivity index is 2.15. The number of carbonyl (C=O) groups excluding carboxylic acids is 1.